The predicted octanol–water partition coefficient (Wildman–Crippen LogP) is 3.95. The van der Waals surface area contributed by atoms with E-state index < -0.39 is 11.5 Å². The van der Waals surface area contributed by atoms with E-state index in [1.807, 2.05) is 23.4 Å². The van der Waals surface area contributed by atoms with Crippen LogP contribution in [0.4, 0.5) is 15.9 Å². The second kappa shape index (κ2) is 10.1. The fourth-order valence-corrected chi connectivity index (χ4v) is 6.46. The fourth-order valence-electron chi connectivity index (χ4n) is 6.18. The highest BCUT2D eigenvalue weighted by Crippen LogP contribution is 2.44. The number of halogens is 2. The third-order valence-corrected chi connectivity index (χ3v) is 8.84. The summed E-state index contributed by atoms with van der Waals surface area (Å²) in [4.78, 5) is 21.4. The summed E-state index contributed by atoms with van der Waals surface area (Å²) in [6, 6.07) is 8.73. The van der Waals surface area contributed by atoms with Crippen LogP contribution in [0.3, 0.4) is 0 Å². The molecule has 5 heterocycles. The van der Waals surface area contributed by atoms with Gasteiger partial charge in [-0.3, -0.25) is 0 Å². The first-order chi connectivity index (χ1) is 19.2. The Kier molecular flexibility index (Phi) is 6.69. The van der Waals surface area contributed by atoms with Gasteiger partial charge in [-0.15, -0.1) is 0 Å². The van der Waals surface area contributed by atoms with Gasteiger partial charge in [0.2, 0.25) is 0 Å². The molecule has 2 unspecified atom stereocenters. The van der Waals surface area contributed by atoms with Crippen molar-refractivity contribution in [3.05, 3.63) is 50.8 Å². The van der Waals surface area contributed by atoms with Crippen molar-refractivity contribution in [3.8, 4) is 17.2 Å². The number of benzene rings is 2. The molecule has 2 aromatic carbocycles. The molecule has 0 spiro atoms. The van der Waals surface area contributed by atoms with E-state index in [9.17, 15) is 10.1 Å². The number of rotatable bonds is 2. The van der Waals surface area contributed by atoms with Crippen molar-refractivity contribution in [2.45, 2.75) is 51.2 Å². The van der Waals surface area contributed by atoms with Crippen LogP contribution in [0.25, 0.3) is 32.9 Å². The minimum atomic E-state index is -0.659. The zero-order valence-corrected chi connectivity index (χ0v) is 23.5. The number of hydrogen-bond donors (Lipinski definition) is 4. The van der Waals surface area contributed by atoms with Crippen LogP contribution >= 0.6 is 11.6 Å². The van der Waals surface area contributed by atoms with E-state index in [-0.39, 0.29) is 21.7 Å². The van der Waals surface area contributed by atoms with Crippen LogP contribution in [0.1, 0.15) is 37.4 Å². The van der Waals surface area contributed by atoms with Crippen molar-refractivity contribution in [2.24, 2.45) is 7.05 Å². The number of aromatic nitrogens is 3. The fraction of sp³-hybridized carbons (Fsp3) is 0.414. The Bertz CT molecular complexity index is 1740. The average Bonchev–Trinajstić information content (AvgIpc) is 3.38. The minimum Gasteiger partial charge on any atom is -0.398 e. The van der Waals surface area contributed by atoms with Crippen molar-refractivity contribution in [1.82, 2.24) is 25.2 Å². The standard InChI is InChI=1S/C25H23ClFN7O.C4H9N/c1-11-19(20-15(8-28)17(29)5-6-18(20)33(11)2)21-16(26)7-14-23(22(21)27)31-25(35)32-24(14)34-9-12-3-4-13(10-34)30-12;1-4-2-3-5-4/h5-7,12-13,30H,3-4,9-10,29H2,1-2H3,(H,31,32,35);4-5H,2-3H2,1H3/t;4-/m.1/s1. The molecule has 0 amide bonds. The third-order valence-electron chi connectivity index (χ3n) is 8.54. The lowest BCUT2D eigenvalue weighted by atomic mass is 9.96. The van der Waals surface area contributed by atoms with Crippen LogP contribution in [0.15, 0.2) is 23.0 Å². The first-order valence-electron chi connectivity index (χ1n) is 13.6. The maximum atomic E-state index is 16.3. The van der Waals surface area contributed by atoms with Gasteiger partial charge in [-0.2, -0.15) is 10.2 Å². The molecule has 2 bridgehead atoms. The molecule has 0 aliphatic carbocycles. The molecule has 3 saturated heterocycles. The first-order valence-corrected chi connectivity index (χ1v) is 14.0. The van der Waals surface area contributed by atoms with Gasteiger partial charge in [0.15, 0.2) is 5.82 Å². The quantitative estimate of drug-likeness (QED) is 0.272. The number of nitrogens with zero attached hydrogens (tertiary/aromatic N) is 4. The number of nitriles is 1. The maximum Gasteiger partial charge on any atom is 0.347 e. The highest BCUT2D eigenvalue weighted by Gasteiger charge is 2.34. The molecular weight excluding hydrogens is 531 g/mol. The van der Waals surface area contributed by atoms with E-state index in [1.165, 1.54) is 13.0 Å². The van der Waals surface area contributed by atoms with Crippen molar-refractivity contribution in [2.75, 3.05) is 30.3 Å². The van der Waals surface area contributed by atoms with Crippen molar-refractivity contribution in [3.63, 3.8) is 0 Å². The number of aromatic amines is 1. The predicted molar refractivity (Wildman–Crippen MR) is 157 cm³/mol. The van der Waals surface area contributed by atoms with E-state index in [1.54, 1.807) is 18.2 Å². The normalized spacial score (nSPS) is 21.7. The van der Waals surface area contributed by atoms with Gasteiger partial charge in [0, 0.05) is 65.9 Å². The topological polar surface area (TPSA) is 128 Å². The first kappa shape index (κ1) is 26.6. The van der Waals surface area contributed by atoms with Crippen LogP contribution in [-0.4, -0.2) is 52.3 Å². The van der Waals surface area contributed by atoms with Crippen LogP contribution in [0.2, 0.25) is 5.02 Å². The van der Waals surface area contributed by atoms with Gasteiger partial charge in [-0.25, -0.2) is 9.18 Å². The lowest BCUT2D eigenvalue weighted by molar-refractivity contribution is 0.399. The molecule has 9 nitrogen and oxygen atoms in total. The summed E-state index contributed by atoms with van der Waals surface area (Å²) < 4.78 is 18.2. The van der Waals surface area contributed by atoms with Gasteiger partial charge in [-0.05, 0) is 57.9 Å². The summed E-state index contributed by atoms with van der Waals surface area (Å²) in [5.41, 5.74) is 8.14. The molecular formula is C29H32ClFN8O. The molecule has 2 aromatic heterocycles. The number of fused-ring (bicyclic) bond motifs is 4. The molecule has 11 heteroatoms. The maximum absolute atomic E-state index is 16.3. The van der Waals surface area contributed by atoms with E-state index in [0.717, 1.165) is 30.1 Å². The lowest BCUT2D eigenvalue weighted by Gasteiger charge is -2.34. The van der Waals surface area contributed by atoms with Crippen LogP contribution in [0.5, 0.6) is 0 Å². The summed E-state index contributed by atoms with van der Waals surface area (Å²) >= 11 is 6.77. The number of hydrogen-bond acceptors (Lipinski definition) is 7. The smallest absolute Gasteiger partial charge is 0.347 e. The van der Waals surface area contributed by atoms with Gasteiger partial charge in [0.25, 0.3) is 0 Å². The van der Waals surface area contributed by atoms with E-state index in [0.29, 0.717) is 53.0 Å². The minimum absolute atomic E-state index is 0.0455. The summed E-state index contributed by atoms with van der Waals surface area (Å²) in [6.45, 7) is 6.65. The van der Waals surface area contributed by atoms with Gasteiger partial charge in [0.05, 0.1) is 27.3 Å². The van der Waals surface area contributed by atoms with E-state index in [2.05, 4.69) is 33.6 Å². The number of nitrogens with two attached hydrogens (primary N) is 1. The van der Waals surface area contributed by atoms with Gasteiger partial charge >= 0.3 is 5.69 Å². The van der Waals surface area contributed by atoms with Crippen molar-refractivity contribution >= 4 is 44.9 Å². The Hall–Kier alpha value is -3.65. The Morgan fingerprint density at radius 2 is 1.88 bits per heavy atom. The molecule has 3 aliphatic heterocycles. The summed E-state index contributed by atoms with van der Waals surface area (Å²) in [6.07, 6.45) is 3.50. The van der Waals surface area contributed by atoms with Gasteiger partial charge in [-0.1, -0.05) is 11.6 Å². The van der Waals surface area contributed by atoms with Gasteiger partial charge < -0.3 is 30.8 Å². The number of aryl methyl sites for hydroxylation is 1. The molecule has 0 radical (unpaired) electrons. The molecule has 4 aromatic rings. The van der Waals surface area contributed by atoms with Crippen molar-refractivity contribution < 1.29 is 4.39 Å². The van der Waals surface area contributed by atoms with Crippen molar-refractivity contribution in [1.29, 1.82) is 5.26 Å². The second-order valence-electron chi connectivity index (χ2n) is 11.1. The molecule has 3 fully saturated rings. The number of nitrogens with one attached hydrogen (secondary N) is 3. The van der Waals surface area contributed by atoms with Crippen LogP contribution < -0.4 is 27.0 Å². The van der Waals surface area contributed by atoms with E-state index in [4.69, 9.17) is 17.3 Å². The molecule has 7 rings (SSSR count). The zero-order valence-electron chi connectivity index (χ0n) is 22.7. The monoisotopic (exact) mass is 562 g/mol. The number of H-pyrrole nitrogens is 1. The largest absolute Gasteiger partial charge is 0.398 e. The lowest BCUT2D eigenvalue weighted by Crippen LogP contribution is -2.51. The molecule has 0 saturated carbocycles. The Labute approximate surface area is 236 Å². The summed E-state index contributed by atoms with van der Waals surface area (Å²) in [5.74, 6) is -0.223. The Morgan fingerprint density at radius 1 is 1.20 bits per heavy atom. The second-order valence-corrected chi connectivity index (χ2v) is 11.5. The SMILES string of the molecule is C[C@@H]1CCN1.Cc1c(-c2c(Cl)cc3c(N4CC5CCC(C4)N5)nc(=O)[nH]c3c2F)c2c(C#N)c(N)ccc2n1C. The Morgan fingerprint density at radius 3 is 2.48 bits per heavy atom. The molecule has 3 aliphatic rings. The van der Waals surface area contributed by atoms with E-state index >= 15 is 4.39 Å². The Balaban J connectivity index is 0.000000523. The number of anilines is 2. The highest BCUT2D eigenvalue weighted by molar-refractivity contribution is 6.35. The van der Waals surface area contributed by atoms with Crippen LogP contribution in [0, 0.1) is 24.1 Å². The summed E-state index contributed by atoms with van der Waals surface area (Å²) in [7, 11) is 1.84. The number of piperazine rings is 1. The zero-order chi connectivity index (χ0) is 28.3. The highest BCUT2D eigenvalue weighted by atomic mass is 35.5. The molecule has 3 atom stereocenters. The number of nitrogen functional groups attached to an aromatic ring is 1. The van der Waals surface area contributed by atoms with Gasteiger partial charge in [0.1, 0.15) is 11.9 Å². The summed E-state index contributed by atoms with van der Waals surface area (Å²) in [5, 5.41) is 17.7. The molecule has 5 N–H and O–H groups in total. The third kappa shape index (κ3) is 4.29. The van der Waals surface area contributed by atoms with Crippen LogP contribution in [-0.2, 0) is 7.05 Å². The molecule has 208 valence electrons. The average molecular weight is 563 g/mol. The molecule has 40 heavy (non-hydrogen) atoms.